The van der Waals surface area contributed by atoms with Crippen LogP contribution in [0.25, 0.3) is 16.9 Å². The lowest BCUT2D eigenvalue weighted by Gasteiger charge is -2.13. The fourth-order valence-corrected chi connectivity index (χ4v) is 2.79. The van der Waals surface area contributed by atoms with E-state index in [1.54, 1.807) is 6.07 Å². The standard InChI is InChI=1S/C16H12ClFN4O/c1-8(2)13-14(9-3-11(17)5-12(18)4-9)21-15-10(6-19)7-20-22(15)16(13)23/h3-5,7-8,21H,1-2H3. The van der Waals surface area contributed by atoms with Crippen molar-refractivity contribution >= 4 is 17.2 Å². The fourth-order valence-electron chi connectivity index (χ4n) is 2.57. The number of fused-ring (bicyclic) bond motifs is 1. The number of benzene rings is 1. The zero-order valence-electron chi connectivity index (χ0n) is 12.4. The molecule has 0 bridgehead atoms. The highest BCUT2D eigenvalue weighted by atomic mass is 35.5. The summed E-state index contributed by atoms with van der Waals surface area (Å²) >= 11 is 5.93. The molecule has 0 amide bonds. The van der Waals surface area contributed by atoms with Crippen LogP contribution < -0.4 is 5.56 Å². The highest BCUT2D eigenvalue weighted by Gasteiger charge is 2.19. The summed E-state index contributed by atoms with van der Waals surface area (Å²) in [4.78, 5) is 15.7. The van der Waals surface area contributed by atoms with Gasteiger partial charge in [0.2, 0.25) is 0 Å². The summed E-state index contributed by atoms with van der Waals surface area (Å²) < 4.78 is 14.9. The molecule has 0 saturated heterocycles. The molecule has 0 spiro atoms. The minimum atomic E-state index is -0.503. The summed E-state index contributed by atoms with van der Waals surface area (Å²) in [6, 6.07) is 6.03. The van der Waals surface area contributed by atoms with Crippen molar-refractivity contribution in [2.45, 2.75) is 19.8 Å². The van der Waals surface area contributed by atoms with Gasteiger partial charge in [0, 0.05) is 16.1 Å². The van der Waals surface area contributed by atoms with Gasteiger partial charge < -0.3 is 4.98 Å². The first-order valence-electron chi connectivity index (χ1n) is 6.93. The number of aromatic nitrogens is 3. The third-order valence-corrected chi connectivity index (χ3v) is 3.77. The smallest absolute Gasteiger partial charge is 0.278 e. The number of H-pyrrole nitrogens is 1. The van der Waals surface area contributed by atoms with Crippen LogP contribution in [-0.4, -0.2) is 14.6 Å². The van der Waals surface area contributed by atoms with Crippen LogP contribution in [0.3, 0.4) is 0 Å². The molecule has 1 aromatic carbocycles. The number of halogens is 2. The van der Waals surface area contributed by atoms with Gasteiger partial charge in [-0.05, 0) is 24.1 Å². The monoisotopic (exact) mass is 330 g/mol. The van der Waals surface area contributed by atoms with Gasteiger partial charge in [0.25, 0.3) is 5.56 Å². The molecule has 0 unspecified atom stereocenters. The number of aromatic amines is 1. The molecule has 0 radical (unpaired) electrons. The van der Waals surface area contributed by atoms with Crippen LogP contribution in [0.5, 0.6) is 0 Å². The summed E-state index contributed by atoms with van der Waals surface area (Å²) in [6.07, 6.45) is 1.32. The molecule has 0 aliphatic rings. The van der Waals surface area contributed by atoms with Gasteiger partial charge in [0.1, 0.15) is 17.4 Å². The van der Waals surface area contributed by atoms with E-state index >= 15 is 0 Å². The average molecular weight is 331 g/mol. The molecule has 0 fully saturated rings. The predicted octanol–water partition coefficient (Wildman–Crippen LogP) is 3.48. The maximum absolute atomic E-state index is 13.7. The van der Waals surface area contributed by atoms with Gasteiger partial charge in [-0.1, -0.05) is 25.4 Å². The lowest BCUT2D eigenvalue weighted by atomic mass is 9.98. The molecule has 2 heterocycles. The zero-order chi connectivity index (χ0) is 16.7. The van der Waals surface area contributed by atoms with Gasteiger partial charge >= 0.3 is 0 Å². The molecule has 3 aromatic rings. The third kappa shape index (κ3) is 2.49. The number of rotatable bonds is 2. The minimum Gasteiger partial charge on any atom is -0.338 e. The first kappa shape index (κ1) is 15.3. The van der Waals surface area contributed by atoms with Crippen molar-refractivity contribution in [2.24, 2.45) is 0 Å². The molecule has 1 N–H and O–H groups in total. The quantitative estimate of drug-likeness (QED) is 0.781. The van der Waals surface area contributed by atoms with Gasteiger partial charge in [-0.2, -0.15) is 14.9 Å². The predicted molar refractivity (Wildman–Crippen MR) is 85.0 cm³/mol. The van der Waals surface area contributed by atoms with Crippen molar-refractivity contribution in [3.05, 3.63) is 56.7 Å². The number of hydrogen-bond acceptors (Lipinski definition) is 3. The molecule has 3 rings (SSSR count). The van der Waals surface area contributed by atoms with Gasteiger partial charge in [-0.15, -0.1) is 0 Å². The van der Waals surface area contributed by atoms with Crippen LogP contribution in [0, 0.1) is 17.1 Å². The van der Waals surface area contributed by atoms with Crippen molar-refractivity contribution in [1.29, 1.82) is 5.26 Å². The van der Waals surface area contributed by atoms with E-state index in [0.717, 1.165) is 4.52 Å². The number of nitrogens with one attached hydrogen (secondary N) is 1. The second kappa shape index (κ2) is 5.52. The Bertz CT molecular complexity index is 993. The van der Waals surface area contributed by atoms with E-state index < -0.39 is 5.82 Å². The molecule has 0 aliphatic heterocycles. The minimum absolute atomic E-state index is 0.130. The Morgan fingerprint density at radius 3 is 2.74 bits per heavy atom. The van der Waals surface area contributed by atoms with Gasteiger partial charge in [-0.3, -0.25) is 4.79 Å². The topological polar surface area (TPSA) is 73.9 Å². The van der Waals surface area contributed by atoms with Crippen molar-refractivity contribution < 1.29 is 4.39 Å². The normalized spacial score (nSPS) is 11.1. The highest BCUT2D eigenvalue weighted by molar-refractivity contribution is 6.30. The molecule has 0 aliphatic carbocycles. The van der Waals surface area contributed by atoms with Crippen molar-refractivity contribution in [3.63, 3.8) is 0 Å². The van der Waals surface area contributed by atoms with Gasteiger partial charge in [-0.25, -0.2) is 4.39 Å². The Balaban J connectivity index is 2.45. The lowest BCUT2D eigenvalue weighted by molar-refractivity contribution is 0.628. The van der Waals surface area contributed by atoms with Crippen LogP contribution in [0.15, 0.2) is 29.2 Å². The third-order valence-electron chi connectivity index (χ3n) is 3.55. The summed E-state index contributed by atoms with van der Waals surface area (Å²) in [6.45, 7) is 3.71. The van der Waals surface area contributed by atoms with E-state index in [1.165, 1.54) is 18.3 Å². The molecule has 0 saturated carbocycles. The average Bonchev–Trinajstić information content (AvgIpc) is 2.88. The second-order valence-corrected chi connectivity index (χ2v) is 5.90. The highest BCUT2D eigenvalue weighted by Crippen LogP contribution is 2.28. The van der Waals surface area contributed by atoms with Crippen LogP contribution >= 0.6 is 11.6 Å². The SMILES string of the molecule is CC(C)c1c(-c2cc(F)cc(Cl)c2)[nH]c2c(C#N)cnn2c1=O. The van der Waals surface area contributed by atoms with E-state index in [2.05, 4.69) is 10.1 Å². The number of nitriles is 1. The molecule has 5 nitrogen and oxygen atoms in total. The zero-order valence-corrected chi connectivity index (χ0v) is 13.1. The summed E-state index contributed by atoms with van der Waals surface area (Å²) in [5, 5.41) is 13.3. The Labute approximate surface area is 135 Å². The van der Waals surface area contributed by atoms with E-state index in [-0.39, 0.29) is 27.7 Å². The fraction of sp³-hybridized carbons (Fsp3) is 0.188. The Hall–Kier alpha value is -2.65. The lowest BCUT2D eigenvalue weighted by Crippen LogP contribution is -2.22. The van der Waals surface area contributed by atoms with Gasteiger partial charge in [0.05, 0.1) is 11.9 Å². The number of nitrogens with zero attached hydrogens (tertiary/aromatic N) is 3. The van der Waals surface area contributed by atoms with E-state index in [9.17, 15) is 9.18 Å². The molecule has 23 heavy (non-hydrogen) atoms. The van der Waals surface area contributed by atoms with Crippen molar-refractivity contribution in [3.8, 4) is 17.3 Å². The molecule has 2 aromatic heterocycles. The Kier molecular flexibility index (Phi) is 3.66. The summed E-state index contributed by atoms with van der Waals surface area (Å²) in [5.41, 5.74) is 1.51. The van der Waals surface area contributed by atoms with E-state index in [4.69, 9.17) is 16.9 Å². The van der Waals surface area contributed by atoms with E-state index in [0.29, 0.717) is 16.8 Å². The van der Waals surface area contributed by atoms with Crippen molar-refractivity contribution in [2.75, 3.05) is 0 Å². The second-order valence-electron chi connectivity index (χ2n) is 5.46. The van der Waals surface area contributed by atoms with Gasteiger partial charge in [0.15, 0.2) is 5.65 Å². The first-order chi connectivity index (χ1) is 10.9. The van der Waals surface area contributed by atoms with Crippen LogP contribution in [0.4, 0.5) is 4.39 Å². The maximum atomic E-state index is 13.7. The maximum Gasteiger partial charge on any atom is 0.278 e. The van der Waals surface area contributed by atoms with Crippen LogP contribution in [0.1, 0.15) is 30.9 Å². The molecular formula is C16H12ClFN4O. The molecule has 7 heteroatoms. The Morgan fingerprint density at radius 1 is 1.39 bits per heavy atom. The molecular weight excluding hydrogens is 319 g/mol. The van der Waals surface area contributed by atoms with Crippen LogP contribution in [0.2, 0.25) is 5.02 Å². The summed E-state index contributed by atoms with van der Waals surface area (Å²) in [5.74, 6) is -0.633. The van der Waals surface area contributed by atoms with E-state index in [1.807, 2.05) is 19.9 Å². The number of hydrogen-bond donors (Lipinski definition) is 1. The summed E-state index contributed by atoms with van der Waals surface area (Å²) in [7, 11) is 0. The molecule has 116 valence electrons. The van der Waals surface area contributed by atoms with Crippen LogP contribution in [-0.2, 0) is 0 Å². The molecule has 0 atom stereocenters. The largest absolute Gasteiger partial charge is 0.338 e. The first-order valence-corrected chi connectivity index (χ1v) is 7.30. The Morgan fingerprint density at radius 2 is 2.13 bits per heavy atom. The van der Waals surface area contributed by atoms with Crippen molar-refractivity contribution in [1.82, 2.24) is 14.6 Å².